The standard InChI is InChI=1S/C15H21ClO4S/c1-4-5-6-7-8-20-15(17)13-9-11(2)12(3)14(10-13)21(16,18)19/h9-10H,4-8H2,1-3H3. The zero-order valence-electron chi connectivity index (χ0n) is 12.6. The minimum atomic E-state index is -3.88. The van der Waals surface area contributed by atoms with Gasteiger partial charge in [0.15, 0.2) is 0 Å². The van der Waals surface area contributed by atoms with Crippen molar-refractivity contribution in [1.29, 1.82) is 0 Å². The Bertz CT molecular complexity index is 608. The quantitative estimate of drug-likeness (QED) is 0.430. The van der Waals surface area contributed by atoms with E-state index >= 15 is 0 Å². The maximum Gasteiger partial charge on any atom is 0.338 e. The minimum Gasteiger partial charge on any atom is -0.462 e. The molecule has 21 heavy (non-hydrogen) atoms. The maximum atomic E-state index is 12.0. The highest BCUT2D eigenvalue weighted by Gasteiger charge is 2.19. The molecule has 0 bridgehead atoms. The van der Waals surface area contributed by atoms with Crippen molar-refractivity contribution in [3.63, 3.8) is 0 Å². The largest absolute Gasteiger partial charge is 0.462 e. The number of halogens is 1. The van der Waals surface area contributed by atoms with Gasteiger partial charge in [0.05, 0.1) is 17.1 Å². The fourth-order valence-corrected chi connectivity index (χ4v) is 3.25. The van der Waals surface area contributed by atoms with Gasteiger partial charge in [-0.25, -0.2) is 13.2 Å². The van der Waals surface area contributed by atoms with Crippen LogP contribution in [0.15, 0.2) is 17.0 Å². The molecule has 4 nitrogen and oxygen atoms in total. The summed E-state index contributed by atoms with van der Waals surface area (Å²) < 4.78 is 28.2. The fourth-order valence-electron chi connectivity index (χ4n) is 1.98. The summed E-state index contributed by atoms with van der Waals surface area (Å²) in [4.78, 5) is 11.9. The molecule has 0 unspecified atom stereocenters. The van der Waals surface area contributed by atoms with Gasteiger partial charge in [0.25, 0.3) is 9.05 Å². The smallest absolute Gasteiger partial charge is 0.338 e. The van der Waals surface area contributed by atoms with E-state index in [1.54, 1.807) is 19.9 Å². The van der Waals surface area contributed by atoms with Crippen molar-refractivity contribution in [2.75, 3.05) is 6.61 Å². The average Bonchev–Trinajstić information content (AvgIpc) is 2.39. The molecule has 1 aromatic carbocycles. The van der Waals surface area contributed by atoms with Gasteiger partial charge in [-0.3, -0.25) is 0 Å². The lowest BCUT2D eigenvalue weighted by atomic mass is 10.1. The summed E-state index contributed by atoms with van der Waals surface area (Å²) >= 11 is 0. The normalized spacial score (nSPS) is 11.4. The fraction of sp³-hybridized carbons (Fsp3) is 0.533. The molecular formula is C15H21ClO4S. The number of esters is 1. The number of hydrogen-bond donors (Lipinski definition) is 0. The highest BCUT2D eigenvalue weighted by Crippen LogP contribution is 2.24. The molecule has 0 amide bonds. The Labute approximate surface area is 130 Å². The van der Waals surface area contributed by atoms with Crippen LogP contribution in [0.3, 0.4) is 0 Å². The lowest BCUT2D eigenvalue weighted by Gasteiger charge is -2.10. The van der Waals surface area contributed by atoms with E-state index in [0.717, 1.165) is 25.7 Å². The van der Waals surface area contributed by atoms with Crippen LogP contribution in [0.1, 0.15) is 54.1 Å². The molecule has 0 aliphatic carbocycles. The van der Waals surface area contributed by atoms with E-state index in [2.05, 4.69) is 6.92 Å². The Morgan fingerprint density at radius 3 is 2.43 bits per heavy atom. The molecule has 0 fully saturated rings. The molecule has 6 heteroatoms. The molecule has 0 heterocycles. The lowest BCUT2D eigenvalue weighted by molar-refractivity contribution is 0.0497. The molecule has 0 saturated carbocycles. The first-order valence-corrected chi connectivity index (χ1v) is 9.31. The Hall–Kier alpha value is -1.07. The van der Waals surface area contributed by atoms with Gasteiger partial charge >= 0.3 is 5.97 Å². The molecule has 0 N–H and O–H groups in total. The summed E-state index contributed by atoms with van der Waals surface area (Å²) in [6, 6.07) is 2.90. The van der Waals surface area contributed by atoms with Crippen LogP contribution in [0.5, 0.6) is 0 Å². The molecule has 0 saturated heterocycles. The van der Waals surface area contributed by atoms with E-state index < -0.39 is 15.0 Å². The summed E-state index contributed by atoms with van der Waals surface area (Å²) in [7, 11) is 1.51. The van der Waals surface area contributed by atoms with Crippen LogP contribution in [0, 0.1) is 13.8 Å². The van der Waals surface area contributed by atoms with E-state index in [1.165, 1.54) is 6.07 Å². The molecule has 1 rings (SSSR count). The molecule has 0 aliphatic rings. The number of rotatable bonds is 7. The van der Waals surface area contributed by atoms with Crippen molar-refractivity contribution >= 4 is 25.7 Å². The second-order valence-corrected chi connectivity index (χ2v) is 7.59. The van der Waals surface area contributed by atoms with Crippen molar-refractivity contribution in [2.24, 2.45) is 0 Å². The number of benzene rings is 1. The highest BCUT2D eigenvalue weighted by atomic mass is 35.7. The van der Waals surface area contributed by atoms with Gasteiger partial charge in [-0.2, -0.15) is 0 Å². The Kier molecular flexibility index (Phi) is 6.68. The van der Waals surface area contributed by atoms with E-state index in [4.69, 9.17) is 15.4 Å². The molecular weight excluding hydrogens is 312 g/mol. The van der Waals surface area contributed by atoms with E-state index in [9.17, 15) is 13.2 Å². The van der Waals surface area contributed by atoms with Crippen molar-refractivity contribution in [3.8, 4) is 0 Å². The Balaban J connectivity index is 2.84. The molecule has 0 atom stereocenters. The predicted molar refractivity (Wildman–Crippen MR) is 83.4 cm³/mol. The topological polar surface area (TPSA) is 60.4 Å². The second-order valence-electron chi connectivity index (χ2n) is 5.05. The monoisotopic (exact) mass is 332 g/mol. The van der Waals surface area contributed by atoms with Crippen molar-refractivity contribution in [3.05, 3.63) is 28.8 Å². The van der Waals surface area contributed by atoms with Gasteiger partial charge in [-0.15, -0.1) is 0 Å². The van der Waals surface area contributed by atoms with Crippen molar-refractivity contribution < 1.29 is 17.9 Å². The van der Waals surface area contributed by atoms with Gasteiger partial charge in [0, 0.05) is 10.7 Å². The van der Waals surface area contributed by atoms with Crippen molar-refractivity contribution in [2.45, 2.75) is 51.3 Å². The van der Waals surface area contributed by atoms with E-state index in [1.807, 2.05) is 0 Å². The average molecular weight is 333 g/mol. The second kappa shape index (κ2) is 7.80. The van der Waals surface area contributed by atoms with Crippen molar-refractivity contribution in [1.82, 2.24) is 0 Å². The number of carbonyl (C=O) groups excluding carboxylic acids is 1. The summed E-state index contributed by atoms with van der Waals surface area (Å²) in [5.74, 6) is -0.517. The van der Waals surface area contributed by atoms with Crippen LogP contribution in [0.4, 0.5) is 0 Å². The number of carbonyl (C=O) groups is 1. The SMILES string of the molecule is CCCCCCOC(=O)c1cc(C)c(C)c(S(=O)(=O)Cl)c1. The minimum absolute atomic E-state index is 0.0397. The zero-order chi connectivity index (χ0) is 16.0. The first-order valence-electron chi connectivity index (χ1n) is 7.00. The van der Waals surface area contributed by atoms with Crippen LogP contribution < -0.4 is 0 Å². The van der Waals surface area contributed by atoms with Gasteiger partial charge in [0.2, 0.25) is 0 Å². The molecule has 0 aromatic heterocycles. The number of aryl methyl sites for hydroxylation is 1. The third kappa shape index (κ3) is 5.32. The maximum absolute atomic E-state index is 12.0. The van der Waals surface area contributed by atoms with E-state index in [-0.39, 0.29) is 10.5 Å². The number of hydrogen-bond acceptors (Lipinski definition) is 4. The molecule has 118 valence electrons. The van der Waals surface area contributed by atoms with Gasteiger partial charge in [-0.1, -0.05) is 26.2 Å². The van der Waals surface area contributed by atoms with Crippen LogP contribution in [-0.2, 0) is 13.8 Å². The van der Waals surface area contributed by atoms with Crippen LogP contribution >= 0.6 is 10.7 Å². The lowest BCUT2D eigenvalue weighted by Crippen LogP contribution is -2.09. The van der Waals surface area contributed by atoms with Crippen LogP contribution in [-0.4, -0.2) is 21.0 Å². The number of unbranched alkanes of at least 4 members (excludes halogenated alkanes) is 3. The Morgan fingerprint density at radius 2 is 1.86 bits per heavy atom. The van der Waals surface area contributed by atoms with Crippen LogP contribution in [0.25, 0.3) is 0 Å². The molecule has 0 spiro atoms. The molecule has 1 aromatic rings. The molecule has 0 radical (unpaired) electrons. The summed E-state index contributed by atoms with van der Waals surface area (Å²) in [6.07, 6.45) is 4.04. The third-order valence-electron chi connectivity index (χ3n) is 3.35. The van der Waals surface area contributed by atoms with Gasteiger partial charge < -0.3 is 4.74 Å². The first-order chi connectivity index (χ1) is 9.77. The van der Waals surface area contributed by atoms with Gasteiger partial charge in [-0.05, 0) is 43.5 Å². The summed E-state index contributed by atoms with van der Waals surface area (Å²) in [6.45, 7) is 5.84. The predicted octanol–water partition coefficient (Wildman–Crippen LogP) is 3.97. The van der Waals surface area contributed by atoms with Gasteiger partial charge in [0.1, 0.15) is 0 Å². The third-order valence-corrected chi connectivity index (χ3v) is 4.80. The summed E-state index contributed by atoms with van der Waals surface area (Å²) in [5.41, 5.74) is 1.45. The number of ether oxygens (including phenoxy) is 1. The summed E-state index contributed by atoms with van der Waals surface area (Å²) in [5, 5.41) is 0. The Morgan fingerprint density at radius 1 is 1.19 bits per heavy atom. The molecule has 0 aliphatic heterocycles. The van der Waals surface area contributed by atoms with E-state index in [0.29, 0.717) is 17.7 Å². The highest BCUT2D eigenvalue weighted by molar-refractivity contribution is 8.13. The zero-order valence-corrected chi connectivity index (χ0v) is 14.2. The van der Waals surface area contributed by atoms with Crippen LogP contribution in [0.2, 0.25) is 0 Å². The first kappa shape index (κ1) is 18.0.